The largest absolute Gasteiger partial charge is 0.339 e. The molecular formula is C16H21ClN4O3S3. The summed E-state index contributed by atoms with van der Waals surface area (Å²) in [7, 11) is -3.54. The average Bonchev–Trinajstić information content (AvgIpc) is 3.29. The van der Waals surface area contributed by atoms with Crippen LogP contribution in [0.25, 0.3) is 0 Å². The molecule has 7 nitrogen and oxygen atoms in total. The number of piperazine rings is 1. The van der Waals surface area contributed by atoms with Gasteiger partial charge in [0.05, 0.1) is 10.1 Å². The number of thioether (sulfide) groups is 1. The molecular weight excluding hydrogens is 428 g/mol. The van der Waals surface area contributed by atoms with Crippen molar-refractivity contribution in [3.05, 3.63) is 28.9 Å². The zero-order valence-electron chi connectivity index (χ0n) is 14.9. The summed E-state index contributed by atoms with van der Waals surface area (Å²) in [4.78, 5) is 18.5. The van der Waals surface area contributed by atoms with E-state index in [9.17, 15) is 13.2 Å². The van der Waals surface area contributed by atoms with Crippen LogP contribution in [0.3, 0.4) is 0 Å². The first kappa shape index (κ1) is 20.7. The fraction of sp³-hybridized carbons (Fsp3) is 0.500. The Balaban J connectivity index is 1.52. The zero-order chi connectivity index (χ0) is 19.4. The predicted molar refractivity (Wildman–Crippen MR) is 108 cm³/mol. The quantitative estimate of drug-likeness (QED) is 0.608. The molecule has 0 bridgehead atoms. The Morgan fingerprint density at radius 3 is 2.67 bits per heavy atom. The highest BCUT2D eigenvalue weighted by molar-refractivity contribution is 7.99. The molecule has 3 rings (SSSR count). The zero-order valence-corrected chi connectivity index (χ0v) is 18.1. The smallest absolute Gasteiger partial charge is 0.252 e. The van der Waals surface area contributed by atoms with E-state index in [1.54, 1.807) is 17.2 Å². The van der Waals surface area contributed by atoms with E-state index in [0.717, 1.165) is 29.5 Å². The van der Waals surface area contributed by atoms with Gasteiger partial charge in [0.15, 0.2) is 5.16 Å². The Morgan fingerprint density at radius 2 is 2.04 bits per heavy atom. The van der Waals surface area contributed by atoms with Crippen LogP contribution >= 0.6 is 34.7 Å². The van der Waals surface area contributed by atoms with E-state index in [1.807, 2.05) is 10.8 Å². The van der Waals surface area contributed by atoms with Gasteiger partial charge in [-0.2, -0.15) is 4.31 Å². The van der Waals surface area contributed by atoms with Crippen LogP contribution in [0, 0.1) is 0 Å². The lowest BCUT2D eigenvalue weighted by Crippen LogP contribution is -2.50. The number of nitrogens with zero attached hydrogens (tertiary/aromatic N) is 4. The van der Waals surface area contributed by atoms with Gasteiger partial charge >= 0.3 is 0 Å². The van der Waals surface area contributed by atoms with E-state index in [2.05, 4.69) is 11.9 Å². The van der Waals surface area contributed by atoms with E-state index >= 15 is 0 Å². The summed E-state index contributed by atoms with van der Waals surface area (Å²) >= 11 is 8.32. The number of aromatic nitrogens is 2. The SMILES string of the molecule is CCCn1ccnc1SCC(=O)N1CCN(S(=O)(=O)c2ccc(Cl)s2)CC1. The van der Waals surface area contributed by atoms with Crippen molar-refractivity contribution in [1.82, 2.24) is 18.8 Å². The first-order valence-corrected chi connectivity index (χ1v) is 12.2. The molecule has 2 aromatic heterocycles. The van der Waals surface area contributed by atoms with Crippen LogP contribution in [-0.4, -0.2) is 65.0 Å². The van der Waals surface area contributed by atoms with Gasteiger partial charge in [-0.05, 0) is 18.6 Å². The van der Waals surface area contributed by atoms with Crippen molar-refractivity contribution in [3.63, 3.8) is 0 Å². The monoisotopic (exact) mass is 448 g/mol. The summed E-state index contributed by atoms with van der Waals surface area (Å²) in [6.07, 6.45) is 4.66. The molecule has 1 saturated heterocycles. The van der Waals surface area contributed by atoms with Gasteiger partial charge in [0.2, 0.25) is 5.91 Å². The van der Waals surface area contributed by atoms with Crippen molar-refractivity contribution >= 4 is 50.6 Å². The highest BCUT2D eigenvalue weighted by Gasteiger charge is 2.31. The third-order valence-electron chi connectivity index (χ3n) is 4.20. The van der Waals surface area contributed by atoms with E-state index < -0.39 is 10.0 Å². The molecule has 1 fully saturated rings. The number of carbonyl (C=O) groups excluding carboxylic acids is 1. The van der Waals surface area contributed by atoms with Gasteiger partial charge in [0.25, 0.3) is 10.0 Å². The Hall–Kier alpha value is -1.07. The van der Waals surface area contributed by atoms with Crippen LogP contribution in [-0.2, 0) is 21.4 Å². The van der Waals surface area contributed by atoms with Crippen LogP contribution in [0.2, 0.25) is 4.34 Å². The third kappa shape index (κ3) is 4.86. The number of hydrogen-bond acceptors (Lipinski definition) is 6. The highest BCUT2D eigenvalue weighted by Crippen LogP contribution is 2.28. The number of hydrogen-bond donors (Lipinski definition) is 0. The van der Waals surface area contributed by atoms with Crippen molar-refractivity contribution in [2.45, 2.75) is 29.3 Å². The second kappa shape index (κ2) is 8.95. The van der Waals surface area contributed by atoms with Crippen molar-refractivity contribution in [3.8, 4) is 0 Å². The summed E-state index contributed by atoms with van der Waals surface area (Å²) in [5.74, 6) is 0.302. The van der Waals surface area contributed by atoms with E-state index in [0.29, 0.717) is 36.3 Å². The van der Waals surface area contributed by atoms with Crippen molar-refractivity contribution in [1.29, 1.82) is 0 Å². The number of carbonyl (C=O) groups is 1. The van der Waals surface area contributed by atoms with Crippen LogP contribution in [0.5, 0.6) is 0 Å². The minimum atomic E-state index is -3.54. The van der Waals surface area contributed by atoms with Crippen LogP contribution in [0.1, 0.15) is 13.3 Å². The van der Waals surface area contributed by atoms with Gasteiger partial charge in [0.1, 0.15) is 4.21 Å². The molecule has 0 unspecified atom stereocenters. The second-order valence-electron chi connectivity index (χ2n) is 6.04. The molecule has 1 aliphatic heterocycles. The number of rotatable bonds is 7. The van der Waals surface area contributed by atoms with Crippen LogP contribution in [0.15, 0.2) is 33.9 Å². The maximum absolute atomic E-state index is 12.6. The van der Waals surface area contributed by atoms with Gasteiger partial charge in [-0.3, -0.25) is 4.79 Å². The van der Waals surface area contributed by atoms with Crippen molar-refractivity contribution in [2.24, 2.45) is 0 Å². The standard InChI is InChI=1S/C16H21ClN4O3S3/c1-2-6-20-7-5-18-16(20)25-12-14(22)19-8-10-21(11-9-19)27(23,24)15-4-3-13(17)26-15/h3-5,7H,2,6,8-12H2,1H3. The molecule has 0 aliphatic carbocycles. The molecule has 0 saturated carbocycles. The van der Waals surface area contributed by atoms with E-state index in [4.69, 9.17) is 11.6 Å². The molecule has 0 radical (unpaired) electrons. The average molecular weight is 449 g/mol. The fourth-order valence-electron chi connectivity index (χ4n) is 2.81. The molecule has 1 amide bonds. The van der Waals surface area contributed by atoms with Gasteiger partial charge in [-0.1, -0.05) is 30.3 Å². The third-order valence-corrected chi connectivity index (χ3v) is 8.79. The molecule has 27 heavy (non-hydrogen) atoms. The number of imidazole rings is 1. The molecule has 0 spiro atoms. The minimum Gasteiger partial charge on any atom is -0.339 e. The normalized spacial score (nSPS) is 16.0. The summed E-state index contributed by atoms with van der Waals surface area (Å²) < 4.78 is 29.4. The molecule has 1 aliphatic rings. The van der Waals surface area contributed by atoms with E-state index in [-0.39, 0.29) is 10.1 Å². The maximum Gasteiger partial charge on any atom is 0.252 e. The molecule has 3 heterocycles. The Kier molecular flexibility index (Phi) is 6.85. The van der Waals surface area contributed by atoms with Gasteiger partial charge in [-0.15, -0.1) is 11.3 Å². The molecule has 11 heteroatoms. The summed E-state index contributed by atoms with van der Waals surface area (Å²) in [6.45, 7) is 4.33. The first-order chi connectivity index (χ1) is 12.9. The first-order valence-electron chi connectivity index (χ1n) is 8.59. The molecule has 0 aromatic carbocycles. The lowest BCUT2D eigenvalue weighted by Gasteiger charge is -2.33. The molecule has 0 atom stereocenters. The minimum absolute atomic E-state index is 0.00210. The molecule has 0 N–H and O–H groups in total. The number of halogens is 1. The van der Waals surface area contributed by atoms with Gasteiger partial charge in [-0.25, -0.2) is 13.4 Å². The Labute approximate surface area is 172 Å². The van der Waals surface area contributed by atoms with Crippen molar-refractivity contribution < 1.29 is 13.2 Å². The summed E-state index contributed by atoms with van der Waals surface area (Å²) in [5.41, 5.74) is 0. The fourth-order valence-corrected chi connectivity index (χ4v) is 6.75. The highest BCUT2D eigenvalue weighted by atomic mass is 35.5. The van der Waals surface area contributed by atoms with Gasteiger partial charge in [0, 0.05) is 45.1 Å². The van der Waals surface area contributed by atoms with Crippen LogP contribution in [0.4, 0.5) is 0 Å². The summed E-state index contributed by atoms with van der Waals surface area (Å²) in [6, 6.07) is 3.10. The number of amides is 1. The predicted octanol–water partition coefficient (Wildman–Crippen LogP) is 2.63. The Bertz CT molecular complexity index is 888. The summed E-state index contributed by atoms with van der Waals surface area (Å²) in [5, 5.41) is 0.834. The lowest BCUT2D eigenvalue weighted by molar-refractivity contribution is -0.129. The molecule has 148 valence electrons. The van der Waals surface area contributed by atoms with Gasteiger partial charge < -0.3 is 9.47 Å². The molecule has 2 aromatic rings. The topological polar surface area (TPSA) is 75.5 Å². The lowest BCUT2D eigenvalue weighted by atomic mass is 10.3. The Morgan fingerprint density at radius 1 is 1.30 bits per heavy atom. The maximum atomic E-state index is 12.6. The van der Waals surface area contributed by atoms with Crippen molar-refractivity contribution in [2.75, 3.05) is 31.9 Å². The number of thiophene rings is 1. The number of sulfonamides is 1. The van der Waals surface area contributed by atoms with Crippen LogP contribution < -0.4 is 0 Å². The second-order valence-corrected chi connectivity index (χ2v) is 10.9. The van der Waals surface area contributed by atoms with E-state index in [1.165, 1.54) is 22.1 Å². The number of aryl methyl sites for hydroxylation is 1.